The SMILES string of the molecule is CC(C)(C)OC(=O)C[C@@H]1CON(Cc2ccc(F)cc2)C1=O.CC(C)(C)OC(=O)C[C@@H]1CONC1=O.Fc1ccc(CBr)cc1. The number of alkyl halides is 1. The number of hydrogen-bond donors (Lipinski definition) is 1. The molecule has 248 valence electrons. The summed E-state index contributed by atoms with van der Waals surface area (Å²) in [5.74, 6) is -2.76. The van der Waals surface area contributed by atoms with Crippen LogP contribution in [0.5, 0.6) is 0 Å². The van der Waals surface area contributed by atoms with E-state index in [1.54, 1.807) is 65.8 Å². The van der Waals surface area contributed by atoms with Crippen molar-refractivity contribution in [2.75, 3.05) is 13.2 Å². The minimum Gasteiger partial charge on any atom is -0.460 e. The number of carbonyl (C=O) groups is 4. The van der Waals surface area contributed by atoms with E-state index in [2.05, 4.69) is 21.4 Å². The molecule has 0 aliphatic carbocycles. The van der Waals surface area contributed by atoms with Gasteiger partial charge in [-0.2, -0.15) is 0 Å². The Balaban J connectivity index is 0.000000261. The van der Waals surface area contributed by atoms with Crippen molar-refractivity contribution in [1.29, 1.82) is 0 Å². The van der Waals surface area contributed by atoms with Crippen molar-refractivity contribution in [3.8, 4) is 0 Å². The Morgan fingerprint density at radius 3 is 1.71 bits per heavy atom. The summed E-state index contributed by atoms with van der Waals surface area (Å²) >= 11 is 3.26. The first-order valence-corrected chi connectivity index (χ1v) is 15.4. The number of benzene rings is 2. The van der Waals surface area contributed by atoms with Gasteiger partial charge in [-0.1, -0.05) is 40.2 Å². The Bertz CT molecular complexity index is 1280. The quantitative estimate of drug-likeness (QED) is 0.295. The van der Waals surface area contributed by atoms with Crippen molar-refractivity contribution in [3.63, 3.8) is 0 Å². The number of nitrogens with zero attached hydrogens (tertiary/aromatic N) is 1. The zero-order valence-corrected chi connectivity index (χ0v) is 27.9. The average Bonchev–Trinajstić information content (AvgIpc) is 3.48. The lowest BCUT2D eigenvalue weighted by Gasteiger charge is -2.20. The molecule has 0 radical (unpaired) electrons. The highest BCUT2D eigenvalue weighted by molar-refractivity contribution is 9.08. The Kier molecular flexibility index (Phi) is 14.5. The fourth-order valence-corrected chi connectivity index (χ4v) is 4.18. The van der Waals surface area contributed by atoms with Gasteiger partial charge in [-0.15, -0.1) is 0 Å². The molecule has 4 rings (SSSR count). The van der Waals surface area contributed by atoms with Gasteiger partial charge in [0.25, 0.3) is 5.91 Å². The van der Waals surface area contributed by atoms with Crippen LogP contribution in [0.2, 0.25) is 0 Å². The Morgan fingerprint density at radius 2 is 1.29 bits per heavy atom. The largest absolute Gasteiger partial charge is 0.460 e. The van der Waals surface area contributed by atoms with Gasteiger partial charge >= 0.3 is 11.9 Å². The fourth-order valence-electron chi connectivity index (χ4n) is 3.81. The Morgan fingerprint density at radius 1 is 0.822 bits per heavy atom. The third-order valence-electron chi connectivity index (χ3n) is 5.83. The van der Waals surface area contributed by atoms with Crippen LogP contribution in [0.25, 0.3) is 0 Å². The molecular weight excluding hydrogens is 658 g/mol. The number of carbonyl (C=O) groups excluding carboxylic acids is 4. The van der Waals surface area contributed by atoms with Crippen molar-refractivity contribution in [2.45, 2.75) is 77.5 Å². The van der Waals surface area contributed by atoms with Gasteiger partial charge in [-0.25, -0.2) is 19.3 Å². The van der Waals surface area contributed by atoms with Crippen molar-refractivity contribution in [3.05, 3.63) is 71.3 Å². The van der Waals surface area contributed by atoms with Gasteiger partial charge in [0.1, 0.15) is 22.8 Å². The zero-order valence-electron chi connectivity index (χ0n) is 26.4. The van der Waals surface area contributed by atoms with Crippen LogP contribution in [-0.4, -0.2) is 53.2 Å². The molecule has 2 aromatic carbocycles. The van der Waals surface area contributed by atoms with E-state index in [9.17, 15) is 28.0 Å². The summed E-state index contributed by atoms with van der Waals surface area (Å²) < 4.78 is 35.3. The minimum absolute atomic E-state index is 0.00395. The number of hydrogen-bond acceptors (Lipinski definition) is 8. The van der Waals surface area contributed by atoms with E-state index in [-0.39, 0.29) is 62.0 Å². The van der Waals surface area contributed by atoms with E-state index >= 15 is 0 Å². The molecule has 0 saturated carbocycles. The highest BCUT2D eigenvalue weighted by Gasteiger charge is 2.36. The normalized spacial score (nSPS) is 17.8. The van der Waals surface area contributed by atoms with Gasteiger partial charge in [0.2, 0.25) is 5.91 Å². The molecule has 13 heteroatoms. The van der Waals surface area contributed by atoms with Gasteiger partial charge in [0.15, 0.2) is 0 Å². The first-order chi connectivity index (χ1) is 21.0. The summed E-state index contributed by atoms with van der Waals surface area (Å²) in [7, 11) is 0. The molecule has 2 fully saturated rings. The molecule has 2 atom stereocenters. The summed E-state index contributed by atoms with van der Waals surface area (Å²) in [4.78, 5) is 56.3. The molecule has 2 heterocycles. The maximum Gasteiger partial charge on any atom is 0.307 e. The van der Waals surface area contributed by atoms with Crippen LogP contribution in [-0.2, 0) is 50.2 Å². The molecule has 0 aromatic heterocycles. The van der Waals surface area contributed by atoms with E-state index in [1.165, 1.54) is 29.3 Å². The van der Waals surface area contributed by atoms with E-state index in [0.29, 0.717) is 0 Å². The van der Waals surface area contributed by atoms with Crippen LogP contribution < -0.4 is 5.48 Å². The van der Waals surface area contributed by atoms with E-state index < -0.39 is 29.0 Å². The topological polar surface area (TPSA) is 120 Å². The van der Waals surface area contributed by atoms with Crippen LogP contribution in [0.4, 0.5) is 8.78 Å². The minimum atomic E-state index is -0.576. The summed E-state index contributed by atoms with van der Waals surface area (Å²) in [6, 6.07) is 12.3. The molecule has 1 N–H and O–H groups in total. The lowest BCUT2D eigenvalue weighted by molar-refractivity contribution is -0.165. The van der Waals surface area contributed by atoms with Crippen molar-refractivity contribution >= 4 is 39.7 Å². The summed E-state index contributed by atoms with van der Waals surface area (Å²) in [6.45, 7) is 11.3. The number of halogens is 3. The number of ether oxygens (including phenoxy) is 2. The molecule has 2 saturated heterocycles. The van der Waals surface area contributed by atoms with Gasteiger partial charge in [-0.3, -0.25) is 28.9 Å². The summed E-state index contributed by atoms with van der Waals surface area (Å²) in [5.41, 5.74) is 2.96. The highest BCUT2D eigenvalue weighted by atomic mass is 79.9. The molecule has 10 nitrogen and oxygen atoms in total. The van der Waals surface area contributed by atoms with Crippen molar-refractivity contribution in [1.82, 2.24) is 10.5 Å². The van der Waals surface area contributed by atoms with Gasteiger partial charge < -0.3 is 9.47 Å². The second-order valence-electron chi connectivity index (χ2n) is 12.3. The fraction of sp³-hybridized carbons (Fsp3) is 0.500. The van der Waals surface area contributed by atoms with Crippen molar-refractivity contribution < 1.29 is 47.1 Å². The smallest absolute Gasteiger partial charge is 0.307 e. The second-order valence-corrected chi connectivity index (χ2v) is 12.9. The summed E-state index contributed by atoms with van der Waals surface area (Å²) in [5, 5.41) is 2.00. The molecule has 0 spiro atoms. The molecule has 0 bridgehead atoms. The molecule has 2 amide bonds. The number of rotatable bonds is 7. The Hall–Kier alpha value is -3.42. The molecular formula is C32H41BrF2N2O8. The first-order valence-electron chi connectivity index (χ1n) is 14.3. The third kappa shape index (κ3) is 14.9. The molecule has 2 aliphatic rings. The second kappa shape index (κ2) is 17.3. The summed E-state index contributed by atoms with van der Waals surface area (Å²) in [6.07, 6.45) is 0.0686. The molecule has 0 unspecified atom stereocenters. The maximum absolute atomic E-state index is 12.9. The zero-order chi connectivity index (χ0) is 33.8. The predicted octanol–water partition coefficient (Wildman–Crippen LogP) is 5.56. The number of nitrogens with one attached hydrogen (secondary N) is 1. The predicted molar refractivity (Wildman–Crippen MR) is 164 cm³/mol. The Labute approximate surface area is 270 Å². The molecule has 2 aliphatic heterocycles. The van der Waals surface area contributed by atoms with Crippen molar-refractivity contribution in [2.24, 2.45) is 11.8 Å². The lowest BCUT2D eigenvalue weighted by atomic mass is 10.1. The van der Waals surface area contributed by atoms with Crippen LogP contribution in [0.3, 0.4) is 0 Å². The van der Waals surface area contributed by atoms with Crippen LogP contribution in [0.15, 0.2) is 48.5 Å². The van der Waals surface area contributed by atoms with Gasteiger partial charge in [-0.05, 0) is 76.9 Å². The average molecular weight is 700 g/mol. The number of amides is 2. The standard InChI is InChI=1S/C16H20FNO4.C9H15NO4.C7H6BrF/c1-16(2,3)22-14(19)8-12-10-21-18(15(12)20)9-11-4-6-13(17)7-5-11;1-9(2,3)14-7(11)4-6-5-13-10-8(6)12;8-5-6-1-3-7(9)4-2-6/h4-7,12H,8-10H2,1-3H3;6H,4-5H2,1-3H3,(H,10,12);1-4H,5H2/t12-;6-;/m11./s1. The van der Waals surface area contributed by atoms with E-state index in [0.717, 1.165) is 16.5 Å². The first kappa shape index (κ1) is 37.8. The van der Waals surface area contributed by atoms with E-state index in [1.807, 2.05) is 0 Å². The van der Waals surface area contributed by atoms with Crippen LogP contribution >= 0.6 is 15.9 Å². The maximum atomic E-state index is 12.9. The third-order valence-corrected chi connectivity index (χ3v) is 6.48. The van der Waals surface area contributed by atoms with Gasteiger partial charge in [0, 0.05) is 5.33 Å². The highest BCUT2D eigenvalue weighted by Crippen LogP contribution is 2.22. The van der Waals surface area contributed by atoms with Crippen LogP contribution in [0.1, 0.15) is 65.5 Å². The van der Waals surface area contributed by atoms with Gasteiger partial charge in [0.05, 0.1) is 44.4 Å². The monoisotopic (exact) mass is 698 g/mol. The lowest BCUT2D eigenvalue weighted by Crippen LogP contribution is -2.29. The number of hydroxylamine groups is 3. The number of esters is 2. The molecule has 45 heavy (non-hydrogen) atoms. The van der Waals surface area contributed by atoms with E-state index in [4.69, 9.17) is 19.1 Å². The van der Waals surface area contributed by atoms with Crippen LogP contribution in [0, 0.1) is 23.5 Å². The molecule has 2 aromatic rings.